The molecule has 156 valence electrons. The number of carbonyl (C=O) groups excluding carboxylic acids is 1. The maximum Gasteiger partial charge on any atom is 0.414 e. The Hall–Kier alpha value is -4.22. The number of nitrogens with zero attached hydrogens (tertiary/aromatic N) is 9. The molecule has 31 heavy (non-hydrogen) atoms. The fourth-order valence-electron chi connectivity index (χ4n) is 3.34. The molecule has 1 saturated heterocycles. The number of benzene rings is 1. The third-order valence-electron chi connectivity index (χ3n) is 4.81. The highest BCUT2D eigenvalue weighted by molar-refractivity contribution is 5.90. The van der Waals surface area contributed by atoms with Crippen LogP contribution in [0.1, 0.15) is 0 Å². The second-order valence-corrected chi connectivity index (χ2v) is 6.94. The van der Waals surface area contributed by atoms with Crippen LogP contribution in [-0.4, -0.2) is 58.9 Å². The zero-order valence-electron chi connectivity index (χ0n) is 16.3. The van der Waals surface area contributed by atoms with Gasteiger partial charge in [0.1, 0.15) is 17.6 Å². The molecular formula is C19H16FN9O2. The van der Waals surface area contributed by atoms with Gasteiger partial charge >= 0.3 is 6.09 Å². The number of tetrazole rings is 1. The van der Waals surface area contributed by atoms with Gasteiger partial charge in [-0.05, 0) is 29.5 Å². The number of amides is 1. The fourth-order valence-corrected chi connectivity index (χ4v) is 3.34. The van der Waals surface area contributed by atoms with Crippen LogP contribution in [0.3, 0.4) is 0 Å². The molecule has 12 heteroatoms. The van der Waals surface area contributed by atoms with E-state index in [9.17, 15) is 9.18 Å². The Balaban J connectivity index is 1.33. The van der Waals surface area contributed by atoms with Gasteiger partial charge in [0.25, 0.3) is 0 Å². The van der Waals surface area contributed by atoms with Crippen LogP contribution in [0.15, 0.2) is 48.9 Å². The van der Waals surface area contributed by atoms with Crippen molar-refractivity contribution < 1.29 is 13.9 Å². The summed E-state index contributed by atoms with van der Waals surface area (Å²) in [6.45, 7) is 0.667. The number of halogens is 1. The van der Waals surface area contributed by atoms with Gasteiger partial charge in [-0.1, -0.05) is 11.3 Å². The lowest BCUT2D eigenvalue weighted by atomic mass is 10.1. The predicted octanol–water partition coefficient (Wildman–Crippen LogP) is 1.70. The quantitative estimate of drug-likeness (QED) is 0.478. The molecule has 0 unspecified atom stereocenters. The summed E-state index contributed by atoms with van der Waals surface area (Å²) in [4.78, 5) is 19.3. The molecule has 1 aromatic carbocycles. The van der Waals surface area contributed by atoms with Crippen molar-refractivity contribution in [1.82, 2.24) is 40.2 Å². The Morgan fingerprint density at radius 3 is 2.81 bits per heavy atom. The largest absolute Gasteiger partial charge is 0.442 e. The Morgan fingerprint density at radius 1 is 1.23 bits per heavy atom. The number of aryl methyl sites for hydroxylation is 1. The predicted molar refractivity (Wildman–Crippen MR) is 105 cm³/mol. The second-order valence-electron chi connectivity index (χ2n) is 6.94. The number of anilines is 1. The summed E-state index contributed by atoms with van der Waals surface area (Å²) >= 11 is 0. The second kappa shape index (κ2) is 7.55. The van der Waals surface area contributed by atoms with Crippen molar-refractivity contribution in [3.63, 3.8) is 0 Å². The highest BCUT2D eigenvalue weighted by atomic mass is 19.1. The van der Waals surface area contributed by atoms with Crippen molar-refractivity contribution in [1.29, 1.82) is 0 Å². The average molecular weight is 421 g/mol. The number of carbonyl (C=O) groups is 1. The summed E-state index contributed by atoms with van der Waals surface area (Å²) in [7, 11) is 1.66. The minimum Gasteiger partial charge on any atom is -0.442 e. The van der Waals surface area contributed by atoms with Gasteiger partial charge in [0.05, 0.1) is 32.0 Å². The summed E-state index contributed by atoms with van der Waals surface area (Å²) in [5.74, 6) is -0.0879. The van der Waals surface area contributed by atoms with Crippen molar-refractivity contribution in [2.24, 2.45) is 7.05 Å². The lowest BCUT2D eigenvalue weighted by Gasteiger charge is -2.14. The molecule has 4 heterocycles. The highest BCUT2D eigenvalue weighted by Gasteiger charge is 2.33. The fraction of sp³-hybridized carbons (Fsp3) is 0.211. The van der Waals surface area contributed by atoms with Crippen molar-refractivity contribution in [2.75, 3.05) is 11.4 Å². The van der Waals surface area contributed by atoms with E-state index in [1.807, 2.05) is 0 Å². The van der Waals surface area contributed by atoms with Crippen LogP contribution >= 0.6 is 0 Å². The normalized spacial score (nSPS) is 16.0. The Bertz CT molecular complexity index is 1220. The van der Waals surface area contributed by atoms with E-state index in [1.54, 1.807) is 54.6 Å². The third-order valence-corrected chi connectivity index (χ3v) is 4.81. The number of aromatic nitrogens is 8. The SMILES string of the molecule is Cn1nnc(-c2ccc(-c3ccc(N4C[C@@H](Cn5ccnn5)OC4=O)cc3F)cn2)n1. The molecule has 1 aliphatic heterocycles. The number of rotatable bonds is 5. The molecule has 0 spiro atoms. The molecule has 0 bridgehead atoms. The van der Waals surface area contributed by atoms with Crippen LogP contribution < -0.4 is 4.90 Å². The molecular weight excluding hydrogens is 405 g/mol. The van der Waals surface area contributed by atoms with Gasteiger partial charge in [0, 0.05) is 23.5 Å². The van der Waals surface area contributed by atoms with Crippen molar-refractivity contribution in [3.8, 4) is 22.6 Å². The number of pyridine rings is 1. The monoisotopic (exact) mass is 421 g/mol. The first-order valence-corrected chi connectivity index (χ1v) is 9.39. The number of hydrogen-bond donors (Lipinski definition) is 0. The molecule has 11 nitrogen and oxygen atoms in total. The van der Waals surface area contributed by atoms with E-state index < -0.39 is 18.0 Å². The van der Waals surface area contributed by atoms with E-state index in [-0.39, 0.29) is 0 Å². The molecule has 3 aromatic heterocycles. The highest BCUT2D eigenvalue weighted by Crippen LogP contribution is 2.29. The lowest BCUT2D eigenvalue weighted by Crippen LogP contribution is -2.26. The molecule has 0 radical (unpaired) electrons. The molecule has 0 N–H and O–H groups in total. The molecule has 1 aliphatic rings. The van der Waals surface area contributed by atoms with Gasteiger partial charge in [-0.2, -0.15) is 4.80 Å². The van der Waals surface area contributed by atoms with Crippen LogP contribution in [-0.2, 0) is 18.3 Å². The van der Waals surface area contributed by atoms with E-state index in [0.29, 0.717) is 41.4 Å². The maximum absolute atomic E-state index is 14.9. The van der Waals surface area contributed by atoms with Gasteiger partial charge in [-0.3, -0.25) is 9.88 Å². The zero-order valence-corrected chi connectivity index (χ0v) is 16.3. The van der Waals surface area contributed by atoms with E-state index in [0.717, 1.165) is 0 Å². The van der Waals surface area contributed by atoms with Crippen LogP contribution in [0.25, 0.3) is 22.6 Å². The summed E-state index contributed by atoms with van der Waals surface area (Å²) in [5, 5.41) is 19.4. The van der Waals surface area contributed by atoms with Gasteiger partial charge < -0.3 is 4.74 Å². The Kier molecular flexibility index (Phi) is 4.58. The first kappa shape index (κ1) is 18.8. The van der Waals surface area contributed by atoms with E-state index in [4.69, 9.17) is 4.74 Å². The first-order valence-electron chi connectivity index (χ1n) is 9.39. The smallest absolute Gasteiger partial charge is 0.414 e. The van der Waals surface area contributed by atoms with Crippen LogP contribution in [0, 0.1) is 5.82 Å². The lowest BCUT2D eigenvalue weighted by molar-refractivity contribution is 0.129. The van der Waals surface area contributed by atoms with Crippen molar-refractivity contribution >= 4 is 11.8 Å². The topological polar surface area (TPSA) is 117 Å². The van der Waals surface area contributed by atoms with Crippen LogP contribution in [0.4, 0.5) is 14.9 Å². The minimum absolute atomic E-state index is 0.291. The summed E-state index contributed by atoms with van der Waals surface area (Å²) in [5.41, 5.74) is 1.90. The molecule has 4 aromatic rings. The zero-order chi connectivity index (χ0) is 21.4. The number of cyclic esters (lactones) is 1. The molecule has 1 fully saturated rings. The molecule has 1 atom stereocenters. The molecule has 0 saturated carbocycles. The van der Waals surface area contributed by atoms with Gasteiger partial charge in [0.2, 0.25) is 5.82 Å². The number of hydrogen-bond acceptors (Lipinski definition) is 8. The molecule has 5 rings (SSSR count). The van der Waals surface area contributed by atoms with E-state index in [1.165, 1.54) is 15.8 Å². The summed E-state index contributed by atoms with van der Waals surface area (Å²) in [6.07, 6.45) is 3.85. The van der Waals surface area contributed by atoms with Crippen LogP contribution in [0.5, 0.6) is 0 Å². The first-order chi connectivity index (χ1) is 15.1. The van der Waals surface area contributed by atoms with Crippen molar-refractivity contribution in [2.45, 2.75) is 12.6 Å². The Morgan fingerprint density at radius 2 is 2.13 bits per heavy atom. The summed E-state index contributed by atoms with van der Waals surface area (Å²) in [6, 6.07) is 8.03. The maximum atomic E-state index is 14.9. The van der Waals surface area contributed by atoms with Gasteiger partial charge in [0.15, 0.2) is 0 Å². The molecule has 0 aliphatic carbocycles. The number of ether oxygens (including phenoxy) is 1. The molecule has 1 amide bonds. The summed E-state index contributed by atoms with van der Waals surface area (Å²) < 4.78 is 21.8. The van der Waals surface area contributed by atoms with Crippen molar-refractivity contribution in [3.05, 3.63) is 54.7 Å². The average Bonchev–Trinajstić information content (AvgIpc) is 3.51. The Labute approximate surface area is 175 Å². The van der Waals surface area contributed by atoms with Crippen LogP contribution in [0.2, 0.25) is 0 Å². The minimum atomic E-state index is -0.528. The van der Waals surface area contributed by atoms with Gasteiger partial charge in [-0.25, -0.2) is 13.9 Å². The standard InChI is InChI=1S/C19H16FN9O2/c1-27-24-18(23-26-27)17-5-2-12(9-21-17)15-4-3-13(8-16(15)20)29-11-14(31-19(29)30)10-28-7-6-22-25-28/h2-9,14H,10-11H2,1H3/t14-/m1/s1. The van der Waals surface area contributed by atoms with E-state index >= 15 is 0 Å². The third kappa shape index (κ3) is 3.70. The van der Waals surface area contributed by atoms with Gasteiger partial charge in [-0.15, -0.1) is 15.3 Å². The van der Waals surface area contributed by atoms with E-state index in [2.05, 4.69) is 30.7 Å².